The smallest absolute Gasteiger partial charge is 0.124 e. The summed E-state index contributed by atoms with van der Waals surface area (Å²) < 4.78 is 7.06. The largest absolute Gasteiger partial charge is 0.494 e. The molecular weight excluding hydrogens is 352 g/mol. The minimum atomic E-state index is 0.204. The molecule has 3 nitrogen and oxygen atoms in total. The van der Waals surface area contributed by atoms with E-state index in [2.05, 4.69) is 68.6 Å². The molecule has 1 N–H and O–H groups in total. The van der Waals surface area contributed by atoms with Crippen LogP contribution in [0.4, 0.5) is 0 Å². The lowest BCUT2D eigenvalue weighted by atomic mass is 9.95. The number of benzene rings is 2. The number of hydrogen-bond acceptors (Lipinski definition) is 3. The molecule has 1 saturated heterocycles. The third-order valence-corrected chi connectivity index (χ3v) is 4.95. The fraction of sp³-hybridized carbons (Fsp3) is 0.368. The van der Waals surface area contributed by atoms with Crippen molar-refractivity contribution in [3.63, 3.8) is 0 Å². The lowest BCUT2D eigenvalue weighted by Crippen LogP contribution is -2.45. The Morgan fingerprint density at radius 3 is 2.39 bits per heavy atom. The van der Waals surface area contributed by atoms with E-state index in [-0.39, 0.29) is 6.04 Å². The molecule has 122 valence electrons. The van der Waals surface area contributed by atoms with Gasteiger partial charge in [-0.05, 0) is 24.6 Å². The quantitative estimate of drug-likeness (QED) is 0.860. The number of piperazine rings is 1. The van der Waals surface area contributed by atoms with Gasteiger partial charge in [-0.3, -0.25) is 4.90 Å². The maximum absolute atomic E-state index is 5.91. The topological polar surface area (TPSA) is 24.5 Å². The van der Waals surface area contributed by atoms with Crippen LogP contribution in [0.15, 0.2) is 53.0 Å². The number of ether oxygens (including phenoxy) is 1. The highest BCUT2D eigenvalue weighted by atomic mass is 79.9. The molecule has 1 aliphatic heterocycles. The average molecular weight is 375 g/mol. The van der Waals surface area contributed by atoms with Crippen LogP contribution in [0.2, 0.25) is 0 Å². The van der Waals surface area contributed by atoms with Gasteiger partial charge in [0.15, 0.2) is 0 Å². The molecule has 0 spiro atoms. The first-order valence-electron chi connectivity index (χ1n) is 8.22. The number of nitrogens with one attached hydrogen (secondary N) is 1. The predicted octanol–water partition coefficient (Wildman–Crippen LogP) is 3.84. The molecule has 4 heteroatoms. The summed E-state index contributed by atoms with van der Waals surface area (Å²) in [5.74, 6) is 0.981. The summed E-state index contributed by atoms with van der Waals surface area (Å²) >= 11 is 3.74. The van der Waals surface area contributed by atoms with Crippen molar-refractivity contribution < 1.29 is 4.74 Å². The summed E-state index contributed by atoms with van der Waals surface area (Å²) in [6.45, 7) is 6.84. The van der Waals surface area contributed by atoms with Crippen LogP contribution in [-0.2, 0) is 0 Å². The molecule has 1 aliphatic rings. The molecule has 1 fully saturated rings. The monoisotopic (exact) mass is 374 g/mol. The van der Waals surface area contributed by atoms with Crippen molar-refractivity contribution >= 4 is 15.9 Å². The zero-order valence-corrected chi connectivity index (χ0v) is 15.1. The molecule has 1 heterocycles. The molecular formula is C19H23BrN2O. The molecule has 0 bridgehead atoms. The van der Waals surface area contributed by atoms with Crippen LogP contribution in [-0.4, -0.2) is 37.7 Å². The SMILES string of the molecule is CCOc1ccccc1C(c1ccccc1Br)N1CCNCC1. The van der Waals surface area contributed by atoms with Crippen LogP contribution in [0.3, 0.4) is 0 Å². The molecule has 0 aromatic heterocycles. The highest BCUT2D eigenvalue weighted by molar-refractivity contribution is 9.10. The first-order chi connectivity index (χ1) is 11.3. The van der Waals surface area contributed by atoms with Crippen molar-refractivity contribution in [1.82, 2.24) is 10.2 Å². The number of nitrogens with zero attached hydrogens (tertiary/aromatic N) is 1. The summed E-state index contributed by atoms with van der Waals surface area (Å²) in [7, 11) is 0. The van der Waals surface area contributed by atoms with Gasteiger partial charge in [0, 0.05) is 36.2 Å². The maximum Gasteiger partial charge on any atom is 0.124 e. The minimum absolute atomic E-state index is 0.204. The Morgan fingerprint density at radius 1 is 1.04 bits per heavy atom. The summed E-state index contributed by atoms with van der Waals surface area (Å²) in [4.78, 5) is 2.54. The first kappa shape index (κ1) is 16.5. The van der Waals surface area contributed by atoms with Crippen molar-refractivity contribution in [3.05, 3.63) is 64.1 Å². The Hall–Kier alpha value is -1.36. The van der Waals surface area contributed by atoms with Crippen LogP contribution < -0.4 is 10.1 Å². The van der Waals surface area contributed by atoms with Crippen molar-refractivity contribution in [3.8, 4) is 5.75 Å². The van der Waals surface area contributed by atoms with Gasteiger partial charge in [0.05, 0.1) is 12.6 Å². The number of para-hydroxylation sites is 1. The molecule has 23 heavy (non-hydrogen) atoms. The van der Waals surface area contributed by atoms with E-state index in [0.29, 0.717) is 6.61 Å². The lowest BCUT2D eigenvalue weighted by molar-refractivity contribution is 0.193. The highest BCUT2D eigenvalue weighted by Gasteiger charge is 2.27. The predicted molar refractivity (Wildman–Crippen MR) is 98.0 cm³/mol. The Bertz CT molecular complexity index is 641. The van der Waals surface area contributed by atoms with Gasteiger partial charge >= 0.3 is 0 Å². The summed E-state index contributed by atoms with van der Waals surface area (Å²) in [6.07, 6.45) is 0. The van der Waals surface area contributed by atoms with Crippen LogP contribution in [0, 0.1) is 0 Å². The van der Waals surface area contributed by atoms with Crippen LogP contribution in [0.1, 0.15) is 24.1 Å². The Morgan fingerprint density at radius 2 is 1.70 bits per heavy atom. The van der Waals surface area contributed by atoms with Gasteiger partial charge < -0.3 is 10.1 Å². The fourth-order valence-electron chi connectivity index (χ4n) is 3.19. The van der Waals surface area contributed by atoms with Gasteiger partial charge in [0.2, 0.25) is 0 Å². The Kier molecular flexibility index (Phi) is 5.70. The second-order valence-corrected chi connectivity index (χ2v) is 6.54. The minimum Gasteiger partial charge on any atom is -0.494 e. The number of rotatable bonds is 5. The molecule has 0 radical (unpaired) electrons. The van der Waals surface area contributed by atoms with E-state index in [1.807, 2.05) is 13.0 Å². The average Bonchev–Trinajstić information content (AvgIpc) is 2.59. The van der Waals surface area contributed by atoms with Crippen LogP contribution in [0.25, 0.3) is 0 Å². The third-order valence-electron chi connectivity index (χ3n) is 4.23. The van der Waals surface area contributed by atoms with E-state index in [1.54, 1.807) is 0 Å². The van der Waals surface area contributed by atoms with Crippen molar-refractivity contribution in [2.75, 3.05) is 32.8 Å². The second kappa shape index (κ2) is 7.95. The van der Waals surface area contributed by atoms with E-state index >= 15 is 0 Å². The van der Waals surface area contributed by atoms with Gasteiger partial charge in [0.25, 0.3) is 0 Å². The lowest BCUT2D eigenvalue weighted by Gasteiger charge is -2.36. The third kappa shape index (κ3) is 3.77. The van der Waals surface area contributed by atoms with Crippen LogP contribution >= 0.6 is 15.9 Å². The van der Waals surface area contributed by atoms with Crippen LogP contribution in [0.5, 0.6) is 5.75 Å². The normalized spacial score (nSPS) is 17.0. The standard InChI is InChI=1S/C19H23BrN2O/c1-2-23-18-10-6-4-8-16(18)19(22-13-11-21-12-14-22)15-7-3-5-9-17(15)20/h3-10,19,21H,2,11-14H2,1H3. The fourth-order valence-corrected chi connectivity index (χ4v) is 3.69. The van der Waals surface area contributed by atoms with E-state index in [4.69, 9.17) is 4.74 Å². The molecule has 3 rings (SSSR count). The van der Waals surface area contributed by atoms with E-state index < -0.39 is 0 Å². The molecule has 1 atom stereocenters. The van der Waals surface area contributed by atoms with E-state index in [0.717, 1.165) is 36.4 Å². The summed E-state index contributed by atoms with van der Waals surface area (Å²) in [5.41, 5.74) is 2.53. The summed E-state index contributed by atoms with van der Waals surface area (Å²) in [5, 5.41) is 3.44. The van der Waals surface area contributed by atoms with Crippen molar-refractivity contribution in [2.24, 2.45) is 0 Å². The second-order valence-electron chi connectivity index (χ2n) is 5.68. The molecule has 0 saturated carbocycles. The number of hydrogen-bond donors (Lipinski definition) is 1. The van der Waals surface area contributed by atoms with Gasteiger partial charge in [0.1, 0.15) is 5.75 Å². The van der Waals surface area contributed by atoms with E-state index in [9.17, 15) is 0 Å². The van der Waals surface area contributed by atoms with E-state index in [1.165, 1.54) is 11.1 Å². The van der Waals surface area contributed by atoms with Gasteiger partial charge in [-0.25, -0.2) is 0 Å². The first-order valence-corrected chi connectivity index (χ1v) is 9.01. The maximum atomic E-state index is 5.91. The Labute approximate surface area is 146 Å². The molecule has 1 unspecified atom stereocenters. The van der Waals surface area contributed by atoms with Gasteiger partial charge in [-0.2, -0.15) is 0 Å². The molecule has 2 aromatic carbocycles. The molecule has 0 aliphatic carbocycles. The molecule has 2 aromatic rings. The zero-order chi connectivity index (χ0) is 16.1. The van der Waals surface area contributed by atoms with Crippen molar-refractivity contribution in [1.29, 1.82) is 0 Å². The Balaban J connectivity index is 2.06. The summed E-state index contributed by atoms with van der Waals surface area (Å²) in [6, 6.07) is 17.1. The molecule has 0 amide bonds. The highest BCUT2D eigenvalue weighted by Crippen LogP contribution is 2.37. The van der Waals surface area contributed by atoms with Gasteiger partial charge in [-0.15, -0.1) is 0 Å². The van der Waals surface area contributed by atoms with Gasteiger partial charge in [-0.1, -0.05) is 52.3 Å². The number of halogens is 1. The zero-order valence-electron chi connectivity index (χ0n) is 13.5. The van der Waals surface area contributed by atoms with Crippen molar-refractivity contribution in [2.45, 2.75) is 13.0 Å².